The normalized spacial score (nSPS) is 18.7. The molecule has 0 atom stereocenters. The predicted molar refractivity (Wildman–Crippen MR) is 120 cm³/mol. The summed E-state index contributed by atoms with van der Waals surface area (Å²) in [7, 11) is 0. The molecule has 0 unspecified atom stereocenters. The summed E-state index contributed by atoms with van der Waals surface area (Å²) in [5.74, 6) is 0.861. The Balaban J connectivity index is 1.50. The van der Waals surface area contributed by atoms with Crippen molar-refractivity contribution >= 4 is 10.9 Å². The number of aryl methyl sites for hydroxylation is 1. The van der Waals surface area contributed by atoms with Gasteiger partial charge in [-0.3, -0.25) is 9.88 Å². The van der Waals surface area contributed by atoms with Gasteiger partial charge in [-0.1, -0.05) is 37.0 Å². The van der Waals surface area contributed by atoms with Gasteiger partial charge in [0.1, 0.15) is 0 Å². The Kier molecular flexibility index (Phi) is 5.41. The summed E-state index contributed by atoms with van der Waals surface area (Å²) in [6, 6.07) is 11.4. The van der Waals surface area contributed by atoms with Gasteiger partial charge in [-0.15, -0.1) is 0 Å². The Morgan fingerprint density at radius 1 is 1.07 bits per heavy atom. The summed E-state index contributed by atoms with van der Waals surface area (Å²) in [5.41, 5.74) is 7.36. The van der Waals surface area contributed by atoms with Crippen LogP contribution in [0.2, 0.25) is 0 Å². The van der Waals surface area contributed by atoms with E-state index in [1.165, 1.54) is 80.1 Å². The molecule has 152 valence electrons. The van der Waals surface area contributed by atoms with Gasteiger partial charge in [0, 0.05) is 48.6 Å². The largest absolute Gasteiger partial charge is 0.344 e. The molecule has 1 fully saturated rings. The summed E-state index contributed by atoms with van der Waals surface area (Å²) in [4.78, 5) is 6.94. The van der Waals surface area contributed by atoms with Crippen LogP contribution in [0.15, 0.2) is 42.7 Å². The number of hydrogen-bond donors (Lipinski definition) is 0. The first-order valence-corrected chi connectivity index (χ1v) is 11.5. The highest BCUT2D eigenvalue weighted by Crippen LogP contribution is 2.34. The molecule has 3 nitrogen and oxygen atoms in total. The van der Waals surface area contributed by atoms with Crippen molar-refractivity contribution in [3.05, 3.63) is 65.1 Å². The highest BCUT2D eigenvalue weighted by molar-refractivity contribution is 5.86. The molecule has 1 aromatic carbocycles. The average molecular weight is 388 g/mol. The fourth-order valence-corrected chi connectivity index (χ4v) is 5.55. The maximum absolute atomic E-state index is 4.32. The summed E-state index contributed by atoms with van der Waals surface area (Å²) in [6.45, 7) is 6.67. The topological polar surface area (TPSA) is 21.1 Å². The summed E-state index contributed by atoms with van der Waals surface area (Å²) < 4.78 is 2.72. The lowest BCUT2D eigenvalue weighted by Crippen LogP contribution is -2.22. The van der Waals surface area contributed by atoms with E-state index in [9.17, 15) is 0 Å². The van der Waals surface area contributed by atoms with E-state index in [1.807, 2.05) is 12.4 Å². The van der Waals surface area contributed by atoms with Gasteiger partial charge in [-0.25, -0.2) is 0 Å². The monoisotopic (exact) mass is 387 g/mol. The Bertz CT molecular complexity index is 967. The van der Waals surface area contributed by atoms with Crippen molar-refractivity contribution in [2.24, 2.45) is 5.92 Å². The lowest BCUT2D eigenvalue weighted by molar-refractivity contribution is 0.261. The highest BCUT2D eigenvalue weighted by atomic mass is 15.1. The Morgan fingerprint density at radius 3 is 2.79 bits per heavy atom. The van der Waals surface area contributed by atoms with Crippen molar-refractivity contribution in [3.63, 3.8) is 0 Å². The van der Waals surface area contributed by atoms with Gasteiger partial charge in [-0.05, 0) is 74.4 Å². The summed E-state index contributed by atoms with van der Waals surface area (Å²) >= 11 is 0. The Morgan fingerprint density at radius 2 is 1.97 bits per heavy atom. The minimum Gasteiger partial charge on any atom is -0.344 e. The summed E-state index contributed by atoms with van der Waals surface area (Å²) in [5, 5.41) is 1.49. The minimum absolute atomic E-state index is 0.861. The second-order valence-electron chi connectivity index (χ2n) is 9.24. The van der Waals surface area contributed by atoms with Gasteiger partial charge in [-0.2, -0.15) is 0 Å². The molecule has 0 bridgehead atoms. The van der Waals surface area contributed by atoms with Crippen LogP contribution in [0.4, 0.5) is 0 Å². The van der Waals surface area contributed by atoms with E-state index in [2.05, 4.69) is 51.7 Å². The zero-order valence-corrected chi connectivity index (χ0v) is 17.7. The van der Waals surface area contributed by atoms with Crippen LogP contribution in [0.25, 0.3) is 10.9 Å². The van der Waals surface area contributed by atoms with E-state index in [1.54, 1.807) is 11.3 Å². The molecule has 3 heteroatoms. The molecule has 2 aliphatic rings. The number of pyridine rings is 1. The van der Waals surface area contributed by atoms with Crippen LogP contribution in [0.3, 0.4) is 0 Å². The molecule has 0 spiro atoms. The molecule has 3 heterocycles. The van der Waals surface area contributed by atoms with Crippen molar-refractivity contribution in [1.82, 2.24) is 14.5 Å². The smallest absolute Gasteiger partial charge is 0.0486 e. The van der Waals surface area contributed by atoms with Crippen LogP contribution >= 0.6 is 0 Å². The molecular weight excluding hydrogens is 354 g/mol. The minimum atomic E-state index is 0.861. The number of fused-ring (bicyclic) bond motifs is 3. The number of aromatic nitrogens is 2. The van der Waals surface area contributed by atoms with Crippen LogP contribution in [-0.2, 0) is 26.1 Å². The van der Waals surface area contributed by atoms with Crippen LogP contribution in [-0.4, -0.2) is 21.0 Å². The first kappa shape index (κ1) is 18.9. The standard InChI is InChI=1S/C26H33N3/c1-20-11-12-26-23(15-20)24-19-28(17-22-9-5-13-27-16-22)14-6-10-25(24)29(26)18-21-7-3-2-4-8-21/h5,9,11-13,15-16,21H,2-4,6-8,10,14,17-19H2,1H3. The molecule has 3 aromatic rings. The number of hydrogen-bond acceptors (Lipinski definition) is 2. The van der Waals surface area contributed by atoms with Gasteiger partial charge >= 0.3 is 0 Å². The maximum atomic E-state index is 4.32. The molecule has 1 aliphatic heterocycles. The van der Waals surface area contributed by atoms with Crippen molar-refractivity contribution in [2.75, 3.05) is 6.54 Å². The third-order valence-electron chi connectivity index (χ3n) is 7.01. The second kappa shape index (κ2) is 8.31. The van der Waals surface area contributed by atoms with Gasteiger partial charge in [0.05, 0.1) is 0 Å². The van der Waals surface area contributed by atoms with Gasteiger partial charge < -0.3 is 4.57 Å². The number of nitrogens with zero attached hydrogens (tertiary/aromatic N) is 3. The van der Waals surface area contributed by atoms with E-state index in [0.717, 1.165) is 19.0 Å². The molecular formula is C26H33N3. The molecule has 1 saturated carbocycles. The molecule has 0 saturated heterocycles. The lowest BCUT2D eigenvalue weighted by Gasteiger charge is -2.24. The van der Waals surface area contributed by atoms with Crippen molar-refractivity contribution in [3.8, 4) is 0 Å². The zero-order chi connectivity index (χ0) is 19.6. The van der Waals surface area contributed by atoms with Gasteiger partial charge in [0.15, 0.2) is 0 Å². The van der Waals surface area contributed by atoms with E-state index in [4.69, 9.17) is 0 Å². The van der Waals surface area contributed by atoms with Crippen LogP contribution in [0.5, 0.6) is 0 Å². The van der Waals surface area contributed by atoms with E-state index >= 15 is 0 Å². The zero-order valence-electron chi connectivity index (χ0n) is 17.7. The van der Waals surface area contributed by atoms with Gasteiger partial charge in [0.25, 0.3) is 0 Å². The molecule has 29 heavy (non-hydrogen) atoms. The molecule has 1 aliphatic carbocycles. The summed E-state index contributed by atoms with van der Waals surface area (Å²) in [6.07, 6.45) is 13.4. The molecule has 5 rings (SSSR count). The van der Waals surface area contributed by atoms with E-state index in [-0.39, 0.29) is 0 Å². The highest BCUT2D eigenvalue weighted by Gasteiger charge is 2.24. The fraction of sp³-hybridized carbons (Fsp3) is 0.500. The van der Waals surface area contributed by atoms with E-state index in [0.29, 0.717) is 0 Å². The lowest BCUT2D eigenvalue weighted by atomic mass is 9.89. The second-order valence-corrected chi connectivity index (χ2v) is 9.24. The van der Waals surface area contributed by atoms with Crippen LogP contribution in [0.1, 0.15) is 60.9 Å². The van der Waals surface area contributed by atoms with Crippen molar-refractivity contribution in [2.45, 2.75) is 71.5 Å². The van der Waals surface area contributed by atoms with Crippen LogP contribution < -0.4 is 0 Å². The quantitative estimate of drug-likeness (QED) is 0.558. The van der Waals surface area contributed by atoms with Crippen LogP contribution in [0, 0.1) is 12.8 Å². The molecule has 0 N–H and O–H groups in total. The Labute approximate surface area is 174 Å². The molecule has 0 amide bonds. The van der Waals surface area contributed by atoms with Crippen molar-refractivity contribution < 1.29 is 0 Å². The number of rotatable bonds is 4. The molecule has 0 radical (unpaired) electrons. The maximum Gasteiger partial charge on any atom is 0.0486 e. The fourth-order valence-electron chi connectivity index (χ4n) is 5.55. The first-order valence-electron chi connectivity index (χ1n) is 11.5. The number of benzene rings is 1. The SMILES string of the molecule is Cc1ccc2c(c1)c1c(n2CC2CCCCC2)CCCN(Cc2cccnc2)C1. The third-order valence-corrected chi connectivity index (χ3v) is 7.01. The molecule has 2 aromatic heterocycles. The third kappa shape index (κ3) is 3.98. The Hall–Kier alpha value is -2.13. The van der Waals surface area contributed by atoms with E-state index < -0.39 is 0 Å². The first-order chi connectivity index (χ1) is 14.3. The van der Waals surface area contributed by atoms with Gasteiger partial charge in [0.2, 0.25) is 0 Å². The average Bonchev–Trinajstić information content (AvgIpc) is 2.89. The van der Waals surface area contributed by atoms with Crippen molar-refractivity contribution in [1.29, 1.82) is 0 Å². The predicted octanol–water partition coefficient (Wildman–Crippen LogP) is 5.87.